The molecule has 0 aliphatic carbocycles. The summed E-state index contributed by atoms with van der Waals surface area (Å²) in [5, 5.41) is 28.2. The zero-order valence-corrected chi connectivity index (χ0v) is 11.3. The number of fused-ring (bicyclic) bond motifs is 1. The quantitative estimate of drug-likeness (QED) is 0.738. The number of hydrogen-bond acceptors (Lipinski definition) is 4. The van der Waals surface area contributed by atoms with E-state index in [9.17, 15) is 20.1 Å². The molecule has 1 aromatic carbocycles. The summed E-state index contributed by atoms with van der Waals surface area (Å²) >= 11 is 0. The lowest BCUT2D eigenvalue weighted by Gasteiger charge is -2.18. The van der Waals surface area contributed by atoms with E-state index in [0.29, 0.717) is 23.3 Å². The maximum absolute atomic E-state index is 11.4. The molecule has 108 valence electrons. The Labute approximate surface area is 116 Å². The van der Waals surface area contributed by atoms with Crippen LogP contribution in [0.4, 0.5) is 0 Å². The highest BCUT2D eigenvalue weighted by Crippen LogP contribution is 2.25. The lowest BCUT2D eigenvalue weighted by Crippen LogP contribution is -2.20. The van der Waals surface area contributed by atoms with Gasteiger partial charge in [0.25, 0.3) is 0 Å². The van der Waals surface area contributed by atoms with E-state index in [1.807, 2.05) is 6.92 Å². The summed E-state index contributed by atoms with van der Waals surface area (Å²) in [5.41, 5.74) is 1.15. The molecule has 6 nitrogen and oxygen atoms in total. The van der Waals surface area contributed by atoms with E-state index in [0.717, 1.165) is 6.42 Å². The lowest BCUT2D eigenvalue weighted by atomic mass is 10.1. The van der Waals surface area contributed by atoms with Gasteiger partial charge in [-0.3, -0.25) is 0 Å². The number of aliphatic hydroxyl groups excluding tert-OH is 2. The highest BCUT2D eigenvalue weighted by atomic mass is 16.4. The highest BCUT2D eigenvalue weighted by Gasteiger charge is 2.22. The fraction of sp³-hybridized carbons (Fsp3) is 0.429. The van der Waals surface area contributed by atoms with Crippen molar-refractivity contribution in [2.75, 3.05) is 13.2 Å². The Morgan fingerprint density at radius 2 is 2.05 bits per heavy atom. The van der Waals surface area contributed by atoms with Crippen LogP contribution in [0.1, 0.15) is 35.6 Å². The Morgan fingerprint density at radius 3 is 2.60 bits per heavy atom. The summed E-state index contributed by atoms with van der Waals surface area (Å²) < 4.78 is 1.66. The molecule has 0 unspecified atom stereocenters. The predicted octanol–water partition coefficient (Wildman–Crippen LogP) is 1.21. The van der Waals surface area contributed by atoms with E-state index >= 15 is 0 Å². The number of imidazole rings is 1. The minimum absolute atomic E-state index is 0.129. The van der Waals surface area contributed by atoms with Gasteiger partial charge in [0.05, 0.1) is 35.9 Å². The second kappa shape index (κ2) is 6.02. The fourth-order valence-corrected chi connectivity index (χ4v) is 2.38. The molecule has 0 spiro atoms. The first-order valence-corrected chi connectivity index (χ1v) is 6.58. The van der Waals surface area contributed by atoms with E-state index < -0.39 is 12.0 Å². The second-order valence-electron chi connectivity index (χ2n) is 4.65. The van der Waals surface area contributed by atoms with Crippen LogP contribution in [0.5, 0.6) is 0 Å². The van der Waals surface area contributed by atoms with Crippen molar-refractivity contribution in [1.29, 1.82) is 0 Å². The van der Waals surface area contributed by atoms with Crippen LogP contribution < -0.4 is 0 Å². The van der Waals surface area contributed by atoms with Crippen molar-refractivity contribution in [1.82, 2.24) is 9.55 Å². The number of aryl methyl sites for hydroxylation is 1. The zero-order valence-electron chi connectivity index (χ0n) is 11.3. The molecular weight excluding hydrogens is 260 g/mol. The van der Waals surface area contributed by atoms with E-state index in [2.05, 4.69) is 4.98 Å². The summed E-state index contributed by atoms with van der Waals surface area (Å²) in [6, 6.07) is 4.31. The first-order valence-electron chi connectivity index (χ1n) is 6.58. The molecule has 1 heterocycles. The number of aromatic carboxylic acids is 1. The van der Waals surface area contributed by atoms with Crippen LogP contribution in [0.15, 0.2) is 18.2 Å². The lowest BCUT2D eigenvalue weighted by molar-refractivity contribution is 0.0697. The molecule has 0 fully saturated rings. The van der Waals surface area contributed by atoms with E-state index in [4.69, 9.17) is 0 Å². The van der Waals surface area contributed by atoms with Crippen LogP contribution in [0.2, 0.25) is 0 Å². The van der Waals surface area contributed by atoms with E-state index in [-0.39, 0.29) is 18.8 Å². The number of aromatic nitrogens is 2. The number of carboxylic acids is 1. The smallest absolute Gasteiger partial charge is 0.337 e. The van der Waals surface area contributed by atoms with Gasteiger partial charge in [0.15, 0.2) is 0 Å². The monoisotopic (exact) mass is 278 g/mol. The Kier molecular flexibility index (Phi) is 4.36. The molecule has 0 aliphatic heterocycles. The van der Waals surface area contributed by atoms with Crippen LogP contribution in [0.25, 0.3) is 11.0 Å². The Hall–Kier alpha value is -1.92. The molecule has 0 amide bonds. The van der Waals surface area contributed by atoms with E-state index in [1.54, 1.807) is 16.7 Å². The van der Waals surface area contributed by atoms with Crippen LogP contribution in [0.3, 0.4) is 0 Å². The third kappa shape index (κ3) is 2.39. The number of para-hydroxylation sites is 1. The van der Waals surface area contributed by atoms with Gasteiger partial charge in [-0.05, 0) is 18.6 Å². The highest BCUT2D eigenvalue weighted by molar-refractivity contribution is 6.01. The first-order chi connectivity index (χ1) is 9.63. The number of nitrogens with zero attached hydrogens (tertiary/aromatic N) is 2. The van der Waals surface area contributed by atoms with E-state index in [1.165, 1.54) is 6.07 Å². The molecule has 0 bridgehead atoms. The normalized spacial score (nSPS) is 11.4. The Balaban J connectivity index is 2.77. The predicted molar refractivity (Wildman–Crippen MR) is 73.9 cm³/mol. The van der Waals surface area contributed by atoms with Crippen molar-refractivity contribution >= 4 is 17.0 Å². The fourth-order valence-electron chi connectivity index (χ4n) is 2.38. The largest absolute Gasteiger partial charge is 0.478 e. The van der Waals surface area contributed by atoms with Gasteiger partial charge in [0, 0.05) is 6.42 Å². The van der Waals surface area contributed by atoms with Crippen LogP contribution in [-0.4, -0.2) is 44.1 Å². The van der Waals surface area contributed by atoms with Gasteiger partial charge in [-0.25, -0.2) is 9.78 Å². The molecule has 2 aromatic rings. The second-order valence-corrected chi connectivity index (χ2v) is 4.65. The summed E-state index contributed by atoms with van der Waals surface area (Å²) in [5.74, 6) is -0.362. The van der Waals surface area contributed by atoms with Crippen molar-refractivity contribution < 1.29 is 20.1 Å². The van der Waals surface area contributed by atoms with Crippen LogP contribution in [-0.2, 0) is 6.42 Å². The van der Waals surface area contributed by atoms with Gasteiger partial charge in [-0.2, -0.15) is 0 Å². The molecule has 0 radical (unpaired) electrons. The summed E-state index contributed by atoms with van der Waals surface area (Å²) in [7, 11) is 0. The minimum atomic E-state index is -1.05. The zero-order chi connectivity index (χ0) is 14.7. The first kappa shape index (κ1) is 14.5. The molecule has 2 rings (SSSR count). The van der Waals surface area contributed by atoms with Crippen molar-refractivity contribution in [3.05, 3.63) is 29.6 Å². The van der Waals surface area contributed by atoms with Crippen molar-refractivity contribution in [3.8, 4) is 0 Å². The molecule has 0 saturated heterocycles. The Morgan fingerprint density at radius 1 is 1.35 bits per heavy atom. The third-order valence-electron chi connectivity index (χ3n) is 3.27. The molecule has 6 heteroatoms. The SMILES string of the molecule is CCCc1nc2cccc(C(=O)O)c2n1C(CO)CO. The Bertz CT molecular complexity index is 617. The molecule has 0 saturated carbocycles. The third-order valence-corrected chi connectivity index (χ3v) is 3.27. The van der Waals surface area contributed by atoms with Crippen molar-refractivity contribution in [3.63, 3.8) is 0 Å². The number of aliphatic hydroxyl groups is 2. The average molecular weight is 278 g/mol. The van der Waals surface area contributed by atoms with Crippen LogP contribution in [0, 0.1) is 0 Å². The standard InChI is InChI=1S/C14H18N2O4/c1-2-4-12-15-11-6-3-5-10(14(19)20)13(11)16(12)9(7-17)8-18/h3,5-6,9,17-18H,2,4,7-8H2,1H3,(H,19,20). The number of carbonyl (C=O) groups is 1. The minimum Gasteiger partial charge on any atom is -0.478 e. The molecule has 0 aliphatic rings. The number of carboxylic acid groups (broad SMARTS) is 1. The maximum atomic E-state index is 11.4. The van der Waals surface area contributed by atoms with Gasteiger partial charge in [0.2, 0.25) is 0 Å². The molecule has 20 heavy (non-hydrogen) atoms. The topological polar surface area (TPSA) is 95.6 Å². The summed E-state index contributed by atoms with van der Waals surface area (Å²) in [6.07, 6.45) is 1.50. The molecule has 3 N–H and O–H groups in total. The summed E-state index contributed by atoms with van der Waals surface area (Å²) in [6.45, 7) is 1.45. The van der Waals surface area contributed by atoms with Crippen LogP contribution >= 0.6 is 0 Å². The number of hydrogen-bond donors (Lipinski definition) is 3. The van der Waals surface area contributed by atoms with Crippen molar-refractivity contribution in [2.24, 2.45) is 0 Å². The van der Waals surface area contributed by atoms with Gasteiger partial charge in [0.1, 0.15) is 5.82 Å². The van der Waals surface area contributed by atoms with Crippen molar-refractivity contribution in [2.45, 2.75) is 25.8 Å². The van der Waals surface area contributed by atoms with Gasteiger partial charge < -0.3 is 19.9 Å². The van der Waals surface area contributed by atoms with Gasteiger partial charge in [-0.15, -0.1) is 0 Å². The van der Waals surface area contributed by atoms with Gasteiger partial charge in [-0.1, -0.05) is 13.0 Å². The molecule has 0 atom stereocenters. The average Bonchev–Trinajstić information content (AvgIpc) is 2.79. The van der Waals surface area contributed by atoms with Gasteiger partial charge >= 0.3 is 5.97 Å². The number of rotatable bonds is 6. The number of benzene rings is 1. The maximum Gasteiger partial charge on any atom is 0.337 e. The molecular formula is C14H18N2O4. The molecule has 1 aromatic heterocycles. The summed E-state index contributed by atoms with van der Waals surface area (Å²) in [4.78, 5) is 15.8.